The maximum atomic E-state index is 15.8. The van der Waals surface area contributed by atoms with Crippen LogP contribution in [0.2, 0.25) is 0 Å². The Kier molecular flexibility index (Phi) is 3.23. The van der Waals surface area contributed by atoms with E-state index < -0.39 is 23.0 Å². The van der Waals surface area contributed by atoms with Crippen molar-refractivity contribution in [2.24, 2.45) is 0 Å². The number of fused-ring (bicyclic) bond motifs is 4. The highest BCUT2D eigenvalue weighted by molar-refractivity contribution is 5.96. The van der Waals surface area contributed by atoms with Gasteiger partial charge in [0.1, 0.15) is 23.1 Å². The third-order valence-electron chi connectivity index (χ3n) is 5.15. The Morgan fingerprint density at radius 3 is 2.64 bits per heavy atom. The number of benzene rings is 2. The van der Waals surface area contributed by atoms with Crippen molar-refractivity contribution < 1.29 is 13.2 Å². The Morgan fingerprint density at radius 2 is 1.86 bits per heavy atom. The number of H-pyrrole nitrogens is 1. The second kappa shape index (κ2) is 5.37. The molecule has 1 aliphatic heterocycles. The van der Waals surface area contributed by atoms with Crippen molar-refractivity contribution in [1.29, 1.82) is 0 Å². The number of aromatic nitrogens is 4. The highest BCUT2D eigenvalue weighted by Gasteiger charge is 2.37. The van der Waals surface area contributed by atoms with E-state index in [9.17, 15) is 4.39 Å². The Balaban J connectivity index is 1.87. The molecule has 4 aromatic rings. The van der Waals surface area contributed by atoms with Gasteiger partial charge in [-0.05, 0) is 44.5 Å². The zero-order valence-corrected chi connectivity index (χ0v) is 15.4. The van der Waals surface area contributed by atoms with Gasteiger partial charge in [-0.15, -0.1) is 10.2 Å². The molecule has 0 amide bonds. The molecule has 0 fully saturated rings. The van der Waals surface area contributed by atoms with Crippen LogP contribution in [0.3, 0.4) is 0 Å². The summed E-state index contributed by atoms with van der Waals surface area (Å²) >= 11 is 0. The van der Waals surface area contributed by atoms with Crippen LogP contribution in [0.25, 0.3) is 27.7 Å². The summed E-state index contributed by atoms with van der Waals surface area (Å²) in [6.07, 6.45) is 1.61. The smallest absolute Gasteiger partial charge is 0.162 e. The lowest BCUT2D eigenvalue weighted by molar-refractivity contribution is 0.517. The predicted octanol–water partition coefficient (Wildman–Crippen LogP) is 4.80. The zero-order valence-electron chi connectivity index (χ0n) is 15.4. The fourth-order valence-electron chi connectivity index (χ4n) is 3.94. The van der Waals surface area contributed by atoms with Crippen LogP contribution in [-0.2, 0) is 5.54 Å². The molecule has 142 valence electrons. The van der Waals surface area contributed by atoms with E-state index >= 15 is 8.78 Å². The van der Waals surface area contributed by atoms with E-state index in [0.29, 0.717) is 28.2 Å². The van der Waals surface area contributed by atoms with Gasteiger partial charge in [0.25, 0.3) is 0 Å². The van der Waals surface area contributed by atoms with Crippen LogP contribution in [0.5, 0.6) is 0 Å². The molecule has 0 atom stereocenters. The molecule has 1 aliphatic rings. The quantitative estimate of drug-likeness (QED) is 0.496. The maximum absolute atomic E-state index is 15.8. The van der Waals surface area contributed by atoms with Gasteiger partial charge in [0, 0.05) is 23.2 Å². The molecule has 0 radical (unpaired) electrons. The average Bonchev–Trinajstić information content (AvgIpc) is 3.21. The van der Waals surface area contributed by atoms with E-state index in [1.165, 1.54) is 12.1 Å². The zero-order chi connectivity index (χ0) is 19.8. The van der Waals surface area contributed by atoms with Gasteiger partial charge < -0.3 is 10.3 Å². The van der Waals surface area contributed by atoms with E-state index in [-0.39, 0.29) is 16.8 Å². The highest BCUT2D eigenvalue weighted by atomic mass is 19.1. The van der Waals surface area contributed by atoms with Crippen molar-refractivity contribution in [3.8, 4) is 16.8 Å². The second-order valence-corrected chi connectivity index (χ2v) is 7.49. The predicted molar refractivity (Wildman–Crippen MR) is 99.9 cm³/mol. The van der Waals surface area contributed by atoms with Crippen molar-refractivity contribution in [2.75, 3.05) is 5.32 Å². The second-order valence-electron chi connectivity index (χ2n) is 7.49. The number of nitrogens with zero attached hydrogens (tertiary/aromatic N) is 3. The number of rotatable bonds is 1. The molecule has 28 heavy (non-hydrogen) atoms. The van der Waals surface area contributed by atoms with E-state index in [4.69, 9.17) is 0 Å². The van der Waals surface area contributed by atoms with E-state index in [1.807, 2.05) is 13.8 Å². The molecule has 0 saturated heterocycles. The van der Waals surface area contributed by atoms with Crippen molar-refractivity contribution in [3.63, 3.8) is 0 Å². The fraction of sp³-hybridized carbons (Fsp3) is 0.200. The van der Waals surface area contributed by atoms with E-state index in [1.54, 1.807) is 23.8 Å². The normalized spacial score (nSPS) is 14.6. The van der Waals surface area contributed by atoms with Crippen LogP contribution < -0.4 is 5.32 Å². The van der Waals surface area contributed by atoms with Crippen molar-refractivity contribution >= 4 is 16.6 Å². The van der Waals surface area contributed by atoms with Crippen LogP contribution in [-0.4, -0.2) is 19.7 Å². The molecule has 5 rings (SSSR count). The first-order valence-corrected chi connectivity index (χ1v) is 8.78. The van der Waals surface area contributed by atoms with E-state index in [0.717, 1.165) is 6.07 Å². The Labute approximate surface area is 158 Å². The molecule has 8 heteroatoms. The number of hydrogen-bond acceptors (Lipinski definition) is 3. The molecule has 2 aromatic heterocycles. The molecule has 0 saturated carbocycles. The van der Waals surface area contributed by atoms with Crippen LogP contribution in [0.1, 0.15) is 25.5 Å². The summed E-state index contributed by atoms with van der Waals surface area (Å²) in [6, 6.07) is 5.34. The van der Waals surface area contributed by atoms with Crippen LogP contribution in [0.15, 0.2) is 30.5 Å². The maximum Gasteiger partial charge on any atom is 0.162 e. The molecule has 2 N–H and O–H groups in total. The van der Waals surface area contributed by atoms with Gasteiger partial charge in [-0.2, -0.15) is 0 Å². The van der Waals surface area contributed by atoms with Crippen LogP contribution in [0.4, 0.5) is 18.9 Å². The SMILES string of the molecule is Cc1nnc2n1-c1c(cc(F)c(-c3cc(F)cc4[nH]ccc34)c1F)NC2(C)C. The molecular weight excluding hydrogens is 367 g/mol. The molecule has 0 unspecified atom stereocenters. The van der Waals surface area contributed by atoms with Gasteiger partial charge in [-0.25, -0.2) is 13.2 Å². The third-order valence-corrected chi connectivity index (χ3v) is 5.15. The largest absolute Gasteiger partial charge is 0.371 e. The minimum Gasteiger partial charge on any atom is -0.371 e. The summed E-state index contributed by atoms with van der Waals surface area (Å²) < 4.78 is 46.6. The summed E-state index contributed by atoms with van der Waals surface area (Å²) in [5.41, 5.74) is 0.0741. The Morgan fingerprint density at radius 1 is 1.07 bits per heavy atom. The number of nitrogens with one attached hydrogen (secondary N) is 2. The average molecular weight is 383 g/mol. The lowest BCUT2D eigenvalue weighted by atomic mass is 9.95. The molecule has 0 aliphatic carbocycles. The standard InChI is InChI=1S/C20H16F3N5/c1-9-26-27-19-20(2,3)25-15-8-13(22)16(17(23)18(15)28(9)19)12-6-10(21)7-14-11(12)4-5-24-14/h4-8,24-25H,1-3H3. The number of aromatic amines is 1. The van der Waals surface area contributed by atoms with Gasteiger partial charge in [-0.3, -0.25) is 4.57 Å². The van der Waals surface area contributed by atoms with E-state index in [2.05, 4.69) is 20.5 Å². The van der Waals surface area contributed by atoms with Gasteiger partial charge in [0.05, 0.1) is 16.8 Å². The summed E-state index contributed by atoms with van der Waals surface area (Å²) in [6.45, 7) is 5.42. The van der Waals surface area contributed by atoms with Crippen molar-refractivity contribution in [1.82, 2.24) is 19.7 Å². The minimum atomic E-state index is -0.796. The van der Waals surface area contributed by atoms with Crippen molar-refractivity contribution in [3.05, 3.63) is 59.6 Å². The first kappa shape index (κ1) is 16.9. The lowest BCUT2D eigenvalue weighted by Crippen LogP contribution is -2.36. The first-order chi connectivity index (χ1) is 13.3. The summed E-state index contributed by atoms with van der Waals surface area (Å²) in [4.78, 5) is 2.88. The van der Waals surface area contributed by atoms with Crippen LogP contribution >= 0.6 is 0 Å². The summed E-state index contributed by atoms with van der Waals surface area (Å²) in [5.74, 6) is -1.16. The number of aryl methyl sites for hydroxylation is 1. The topological polar surface area (TPSA) is 58.5 Å². The molecule has 2 aromatic carbocycles. The summed E-state index contributed by atoms with van der Waals surface area (Å²) in [5, 5.41) is 11.9. The van der Waals surface area contributed by atoms with Gasteiger partial charge >= 0.3 is 0 Å². The van der Waals surface area contributed by atoms with Crippen LogP contribution in [0, 0.1) is 24.4 Å². The van der Waals surface area contributed by atoms with Crippen molar-refractivity contribution in [2.45, 2.75) is 26.3 Å². The lowest BCUT2D eigenvalue weighted by Gasteiger charge is -2.34. The summed E-state index contributed by atoms with van der Waals surface area (Å²) in [7, 11) is 0. The molecular formula is C20H16F3N5. The van der Waals surface area contributed by atoms with Gasteiger partial charge in [0.15, 0.2) is 11.6 Å². The minimum absolute atomic E-state index is 0.126. The first-order valence-electron chi connectivity index (χ1n) is 8.78. The highest BCUT2D eigenvalue weighted by Crippen LogP contribution is 2.43. The number of halogens is 3. The Hall–Kier alpha value is -3.29. The fourth-order valence-corrected chi connectivity index (χ4v) is 3.94. The number of anilines is 1. The van der Waals surface area contributed by atoms with Gasteiger partial charge in [-0.1, -0.05) is 0 Å². The Bertz CT molecular complexity index is 1270. The molecule has 0 spiro atoms. The molecule has 3 heterocycles. The molecule has 5 nitrogen and oxygen atoms in total. The number of hydrogen-bond donors (Lipinski definition) is 2. The monoisotopic (exact) mass is 383 g/mol. The van der Waals surface area contributed by atoms with Gasteiger partial charge in [0.2, 0.25) is 0 Å². The third kappa shape index (κ3) is 2.14. The molecule has 0 bridgehead atoms.